The van der Waals surface area contributed by atoms with Gasteiger partial charge in [0.15, 0.2) is 16.8 Å². The number of fused-ring (bicyclic) bond motifs is 1. The number of hydrogen-bond acceptors (Lipinski definition) is 6. The van der Waals surface area contributed by atoms with Crippen LogP contribution >= 0.6 is 23.4 Å². The molecule has 0 fully saturated rings. The maximum absolute atomic E-state index is 13.2. The van der Waals surface area contributed by atoms with Gasteiger partial charge in [0.1, 0.15) is 0 Å². The van der Waals surface area contributed by atoms with E-state index in [0.717, 1.165) is 23.9 Å². The van der Waals surface area contributed by atoms with Crippen LogP contribution in [0.3, 0.4) is 0 Å². The van der Waals surface area contributed by atoms with Crippen molar-refractivity contribution in [3.05, 3.63) is 63.4 Å². The predicted molar refractivity (Wildman–Crippen MR) is 122 cm³/mol. The molecular weight excluding hydrogens is 478 g/mol. The summed E-state index contributed by atoms with van der Waals surface area (Å²) in [6.45, 7) is 0.127. The molecule has 2 aromatic carbocycles. The van der Waals surface area contributed by atoms with Gasteiger partial charge in [0.2, 0.25) is 11.8 Å². The topological polar surface area (TPSA) is 102 Å². The molecule has 2 amide bonds. The van der Waals surface area contributed by atoms with Crippen LogP contribution < -0.4 is 16.2 Å². The van der Waals surface area contributed by atoms with Gasteiger partial charge in [0.25, 0.3) is 5.56 Å². The first-order valence-electron chi connectivity index (χ1n) is 9.62. The number of amides is 2. The highest BCUT2D eigenvalue weighted by Gasteiger charge is 2.14. The third kappa shape index (κ3) is 6.50. The van der Waals surface area contributed by atoms with Gasteiger partial charge in [0, 0.05) is 23.9 Å². The normalized spacial score (nSPS) is 10.9. The van der Waals surface area contributed by atoms with Crippen LogP contribution in [0, 0.1) is 11.6 Å². The Labute approximate surface area is 196 Å². The molecule has 0 unspecified atom stereocenters. The Morgan fingerprint density at radius 1 is 1.15 bits per heavy atom. The van der Waals surface area contributed by atoms with Crippen LogP contribution in [0.15, 0.2) is 46.3 Å². The summed E-state index contributed by atoms with van der Waals surface area (Å²) >= 11 is 7.02. The summed E-state index contributed by atoms with van der Waals surface area (Å²) in [5, 5.41) is 5.88. The molecule has 174 valence electrons. The molecule has 1 heterocycles. The average Bonchev–Trinajstić information content (AvgIpc) is 2.78. The van der Waals surface area contributed by atoms with Crippen molar-refractivity contribution in [3.8, 4) is 0 Å². The Hall–Kier alpha value is -3.02. The Morgan fingerprint density at radius 3 is 2.67 bits per heavy atom. The summed E-state index contributed by atoms with van der Waals surface area (Å²) in [5.74, 6) is -3.36. The number of ether oxygens (including phenoxy) is 1. The van der Waals surface area contributed by atoms with Crippen molar-refractivity contribution in [1.29, 1.82) is 0 Å². The van der Waals surface area contributed by atoms with Crippen LogP contribution in [0.5, 0.6) is 0 Å². The van der Waals surface area contributed by atoms with Crippen molar-refractivity contribution in [3.63, 3.8) is 0 Å². The lowest BCUT2D eigenvalue weighted by Gasteiger charge is -2.13. The number of anilines is 1. The van der Waals surface area contributed by atoms with Gasteiger partial charge in [-0.05, 0) is 30.3 Å². The zero-order valence-corrected chi connectivity index (χ0v) is 18.9. The van der Waals surface area contributed by atoms with Crippen molar-refractivity contribution in [1.82, 2.24) is 14.9 Å². The lowest BCUT2D eigenvalue weighted by Crippen LogP contribution is -2.34. The number of halogens is 3. The number of methoxy groups -OCH3 is 1. The van der Waals surface area contributed by atoms with Gasteiger partial charge in [-0.3, -0.25) is 19.0 Å². The minimum absolute atomic E-state index is 0.0590. The molecule has 0 aliphatic heterocycles. The van der Waals surface area contributed by atoms with E-state index in [-0.39, 0.29) is 36.7 Å². The van der Waals surface area contributed by atoms with Crippen LogP contribution in [0.2, 0.25) is 5.02 Å². The van der Waals surface area contributed by atoms with Crippen molar-refractivity contribution in [2.24, 2.45) is 0 Å². The van der Waals surface area contributed by atoms with E-state index < -0.39 is 23.4 Å². The van der Waals surface area contributed by atoms with Crippen LogP contribution in [0.1, 0.15) is 0 Å². The second-order valence-corrected chi connectivity index (χ2v) is 8.13. The number of carbonyl (C=O) groups is 2. The number of carbonyl (C=O) groups excluding carboxylic acids is 2. The van der Waals surface area contributed by atoms with E-state index in [1.54, 1.807) is 18.2 Å². The number of thioether (sulfide) groups is 1. The van der Waals surface area contributed by atoms with Crippen molar-refractivity contribution < 1.29 is 23.1 Å². The highest BCUT2D eigenvalue weighted by atomic mass is 35.5. The third-order valence-corrected chi connectivity index (χ3v) is 5.59. The maximum Gasteiger partial charge on any atom is 0.262 e. The fraction of sp³-hybridized carbons (Fsp3) is 0.238. The molecule has 1 aromatic heterocycles. The summed E-state index contributed by atoms with van der Waals surface area (Å²) < 4.78 is 32.6. The summed E-state index contributed by atoms with van der Waals surface area (Å²) in [4.78, 5) is 41.5. The van der Waals surface area contributed by atoms with Crippen LogP contribution in [0.4, 0.5) is 14.5 Å². The standard InChI is InChI=1S/C21H19ClF2N4O4S/c1-32-7-6-28-20(31)14-4-2-12(22)8-17(14)27-21(28)33-11-19(30)25-10-18(29)26-13-3-5-15(23)16(24)9-13/h2-5,8-9H,6-7,10-11H2,1H3,(H,25,30)(H,26,29). The lowest BCUT2D eigenvalue weighted by molar-refractivity contribution is -0.122. The lowest BCUT2D eigenvalue weighted by atomic mass is 10.2. The van der Waals surface area contributed by atoms with Crippen LogP contribution in [-0.4, -0.2) is 47.4 Å². The Kier molecular flexibility index (Phi) is 8.37. The van der Waals surface area contributed by atoms with Gasteiger partial charge >= 0.3 is 0 Å². The van der Waals surface area contributed by atoms with Crippen molar-refractivity contribution in [2.45, 2.75) is 11.7 Å². The van der Waals surface area contributed by atoms with Gasteiger partial charge in [-0.25, -0.2) is 13.8 Å². The van der Waals surface area contributed by atoms with E-state index in [1.807, 2.05) is 0 Å². The number of nitrogens with zero attached hydrogens (tertiary/aromatic N) is 2. The Morgan fingerprint density at radius 2 is 1.94 bits per heavy atom. The number of hydrogen-bond donors (Lipinski definition) is 2. The maximum atomic E-state index is 13.2. The summed E-state index contributed by atoms with van der Waals surface area (Å²) in [6.07, 6.45) is 0. The van der Waals surface area contributed by atoms with Gasteiger partial charge < -0.3 is 15.4 Å². The minimum atomic E-state index is -1.10. The van der Waals surface area contributed by atoms with Gasteiger partial charge in [-0.1, -0.05) is 23.4 Å². The Bertz CT molecular complexity index is 1250. The monoisotopic (exact) mass is 496 g/mol. The highest BCUT2D eigenvalue weighted by molar-refractivity contribution is 7.99. The molecule has 0 radical (unpaired) electrons. The number of aromatic nitrogens is 2. The number of nitrogens with one attached hydrogen (secondary N) is 2. The van der Waals surface area contributed by atoms with E-state index in [2.05, 4.69) is 15.6 Å². The zero-order chi connectivity index (χ0) is 24.0. The van der Waals surface area contributed by atoms with Gasteiger partial charge in [0.05, 0.1) is 36.4 Å². The molecule has 0 bridgehead atoms. The molecule has 0 aliphatic rings. The smallest absolute Gasteiger partial charge is 0.262 e. The second kappa shape index (κ2) is 11.2. The molecule has 0 saturated carbocycles. The SMILES string of the molecule is COCCn1c(SCC(=O)NCC(=O)Nc2ccc(F)c(F)c2)nc2cc(Cl)ccc2c1=O. The zero-order valence-electron chi connectivity index (χ0n) is 17.4. The van der Waals surface area contributed by atoms with E-state index in [9.17, 15) is 23.2 Å². The molecule has 0 aliphatic carbocycles. The highest BCUT2D eigenvalue weighted by Crippen LogP contribution is 2.20. The van der Waals surface area contributed by atoms with Crippen LogP contribution in [-0.2, 0) is 20.9 Å². The molecule has 8 nitrogen and oxygen atoms in total. The molecular formula is C21H19ClF2N4O4S. The molecule has 3 rings (SSSR count). The summed E-state index contributed by atoms with van der Waals surface area (Å²) in [5.41, 5.74) is 0.168. The average molecular weight is 497 g/mol. The van der Waals surface area contributed by atoms with Crippen LogP contribution in [0.25, 0.3) is 10.9 Å². The van der Waals surface area contributed by atoms with Gasteiger partial charge in [-0.2, -0.15) is 0 Å². The third-order valence-electron chi connectivity index (χ3n) is 4.38. The molecule has 2 N–H and O–H groups in total. The molecule has 3 aromatic rings. The molecule has 0 atom stereocenters. The fourth-order valence-electron chi connectivity index (χ4n) is 2.80. The first kappa shape index (κ1) is 24.6. The first-order chi connectivity index (χ1) is 15.8. The summed E-state index contributed by atoms with van der Waals surface area (Å²) in [6, 6.07) is 7.66. The minimum Gasteiger partial charge on any atom is -0.383 e. The molecule has 0 spiro atoms. The molecule has 33 heavy (non-hydrogen) atoms. The second-order valence-electron chi connectivity index (χ2n) is 6.75. The van der Waals surface area contributed by atoms with E-state index in [4.69, 9.17) is 16.3 Å². The molecule has 0 saturated heterocycles. The van der Waals surface area contributed by atoms with Crippen molar-refractivity contribution in [2.75, 3.05) is 31.3 Å². The Balaban J connectivity index is 1.63. The van der Waals surface area contributed by atoms with E-state index in [1.165, 1.54) is 17.7 Å². The summed E-state index contributed by atoms with van der Waals surface area (Å²) in [7, 11) is 1.50. The first-order valence-corrected chi connectivity index (χ1v) is 11.0. The molecule has 12 heteroatoms. The van der Waals surface area contributed by atoms with Gasteiger partial charge in [-0.15, -0.1) is 0 Å². The van der Waals surface area contributed by atoms with E-state index in [0.29, 0.717) is 21.1 Å². The predicted octanol–water partition coefficient (Wildman–Crippen LogP) is 2.82. The van der Waals surface area contributed by atoms with E-state index >= 15 is 0 Å². The fourth-order valence-corrected chi connectivity index (χ4v) is 3.82. The largest absolute Gasteiger partial charge is 0.383 e. The quantitative estimate of drug-likeness (QED) is 0.349. The number of benzene rings is 2. The van der Waals surface area contributed by atoms with Crippen molar-refractivity contribution >= 4 is 51.8 Å². The number of rotatable bonds is 9.